The van der Waals surface area contributed by atoms with Crippen LogP contribution in [0.15, 0.2) is 29.8 Å². The molecule has 2 heterocycles. The van der Waals surface area contributed by atoms with Gasteiger partial charge in [0.1, 0.15) is 0 Å². The molecule has 1 N–H and O–H groups in total. The lowest BCUT2D eigenvalue weighted by atomic mass is 10.1. The fourth-order valence-electron chi connectivity index (χ4n) is 2.29. The summed E-state index contributed by atoms with van der Waals surface area (Å²) in [6.07, 6.45) is 1.89. The van der Waals surface area contributed by atoms with Gasteiger partial charge in [0, 0.05) is 18.0 Å². The molecule has 0 amide bonds. The van der Waals surface area contributed by atoms with E-state index in [0.717, 1.165) is 27.8 Å². The lowest BCUT2D eigenvalue weighted by Gasteiger charge is -2.07. The number of nitrogens with one attached hydrogen (secondary N) is 1. The molecule has 0 atom stereocenters. The standard InChI is InChI=1S/C16H18N4S/c1-10-5-6-13(7-11(10)2)20-12(3)14(8-18-20)15-9-21-16(17-4)19-15/h5-9H,1-4H3,(H,17,19). The van der Waals surface area contributed by atoms with Crippen molar-refractivity contribution >= 4 is 16.5 Å². The van der Waals surface area contributed by atoms with Gasteiger partial charge in [-0.15, -0.1) is 11.3 Å². The number of benzene rings is 1. The molecule has 0 spiro atoms. The van der Waals surface area contributed by atoms with Crippen LogP contribution in [0.1, 0.15) is 16.8 Å². The Balaban J connectivity index is 2.04. The maximum absolute atomic E-state index is 4.55. The molecule has 0 aliphatic carbocycles. The molecule has 0 unspecified atom stereocenters. The average Bonchev–Trinajstić information content (AvgIpc) is 3.08. The summed E-state index contributed by atoms with van der Waals surface area (Å²) < 4.78 is 1.97. The highest BCUT2D eigenvalue weighted by Gasteiger charge is 2.13. The van der Waals surface area contributed by atoms with Gasteiger partial charge in [0.2, 0.25) is 0 Å². The molecule has 0 aliphatic rings. The largest absolute Gasteiger partial charge is 0.365 e. The Morgan fingerprint density at radius 3 is 2.62 bits per heavy atom. The Morgan fingerprint density at radius 2 is 1.95 bits per heavy atom. The molecule has 0 fully saturated rings. The van der Waals surface area contributed by atoms with Gasteiger partial charge in [-0.25, -0.2) is 9.67 Å². The summed E-state index contributed by atoms with van der Waals surface area (Å²) in [5, 5.41) is 10.6. The monoisotopic (exact) mass is 298 g/mol. The summed E-state index contributed by atoms with van der Waals surface area (Å²) in [4.78, 5) is 4.55. The smallest absolute Gasteiger partial charge is 0.182 e. The van der Waals surface area contributed by atoms with E-state index in [0.29, 0.717) is 0 Å². The Kier molecular flexibility index (Phi) is 3.51. The number of aryl methyl sites for hydroxylation is 2. The number of rotatable bonds is 3. The third-order valence-corrected chi connectivity index (χ3v) is 4.60. The van der Waals surface area contributed by atoms with Gasteiger partial charge >= 0.3 is 0 Å². The summed E-state index contributed by atoms with van der Waals surface area (Å²) in [5.74, 6) is 0. The second-order valence-corrected chi connectivity index (χ2v) is 5.97. The van der Waals surface area contributed by atoms with E-state index in [1.54, 1.807) is 11.3 Å². The number of hydrogen-bond acceptors (Lipinski definition) is 4. The first kappa shape index (κ1) is 13.8. The van der Waals surface area contributed by atoms with Crippen LogP contribution in [0.3, 0.4) is 0 Å². The highest BCUT2D eigenvalue weighted by atomic mass is 32.1. The molecule has 21 heavy (non-hydrogen) atoms. The van der Waals surface area contributed by atoms with Crippen molar-refractivity contribution in [2.75, 3.05) is 12.4 Å². The minimum atomic E-state index is 0.920. The van der Waals surface area contributed by atoms with Gasteiger partial charge in [0.05, 0.1) is 23.3 Å². The van der Waals surface area contributed by atoms with Gasteiger partial charge in [0.25, 0.3) is 0 Å². The van der Waals surface area contributed by atoms with Crippen LogP contribution in [-0.2, 0) is 0 Å². The molecule has 0 radical (unpaired) electrons. The van der Waals surface area contributed by atoms with Crippen LogP contribution < -0.4 is 5.32 Å². The van der Waals surface area contributed by atoms with Crippen LogP contribution >= 0.6 is 11.3 Å². The van der Waals surface area contributed by atoms with Crippen molar-refractivity contribution in [1.82, 2.24) is 14.8 Å². The first-order valence-corrected chi connectivity index (χ1v) is 7.74. The predicted octanol–water partition coefficient (Wildman–Crippen LogP) is 3.96. The molecule has 0 saturated heterocycles. The third kappa shape index (κ3) is 2.45. The van der Waals surface area contributed by atoms with E-state index in [9.17, 15) is 0 Å². The Labute approximate surface area is 128 Å². The molecule has 0 aliphatic heterocycles. The van der Waals surface area contributed by atoms with Gasteiger partial charge in [-0.05, 0) is 44.0 Å². The quantitative estimate of drug-likeness (QED) is 0.796. The molecule has 0 saturated carbocycles. The van der Waals surface area contributed by atoms with Gasteiger partial charge in [0.15, 0.2) is 5.13 Å². The normalized spacial score (nSPS) is 10.9. The van der Waals surface area contributed by atoms with Gasteiger partial charge in [-0.1, -0.05) is 6.07 Å². The van der Waals surface area contributed by atoms with Crippen LogP contribution in [0.5, 0.6) is 0 Å². The average molecular weight is 298 g/mol. The molecule has 3 aromatic rings. The van der Waals surface area contributed by atoms with Crippen molar-refractivity contribution in [1.29, 1.82) is 0 Å². The minimum Gasteiger partial charge on any atom is -0.365 e. The number of thiazole rings is 1. The molecule has 3 rings (SSSR count). The summed E-state index contributed by atoms with van der Waals surface area (Å²) in [6, 6.07) is 6.40. The fourth-order valence-corrected chi connectivity index (χ4v) is 2.96. The summed E-state index contributed by atoms with van der Waals surface area (Å²) in [7, 11) is 1.88. The van der Waals surface area contributed by atoms with Crippen molar-refractivity contribution in [2.24, 2.45) is 0 Å². The van der Waals surface area contributed by atoms with E-state index < -0.39 is 0 Å². The molecule has 5 heteroatoms. The lowest BCUT2D eigenvalue weighted by molar-refractivity contribution is 0.845. The zero-order valence-corrected chi connectivity index (χ0v) is 13.5. The van der Waals surface area contributed by atoms with E-state index >= 15 is 0 Å². The molecule has 108 valence electrons. The van der Waals surface area contributed by atoms with Crippen molar-refractivity contribution in [2.45, 2.75) is 20.8 Å². The topological polar surface area (TPSA) is 42.7 Å². The maximum Gasteiger partial charge on any atom is 0.182 e. The molecular weight excluding hydrogens is 280 g/mol. The fraction of sp³-hybridized carbons (Fsp3) is 0.250. The van der Waals surface area contributed by atoms with Gasteiger partial charge < -0.3 is 5.32 Å². The molecule has 1 aromatic carbocycles. The zero-order chi connectivity index (χ0) is 15.0. The number of nitrogens with zero attached hydrogens (tertiary/aromatic N) is 3. The van der Waals surface area contributed by atoms with Crippen LogP contribution in [0, 0.1) is 20.8 Å². The van der Waals surface area contributed by atoms with Crippen molar-refractivity contribution in [3.8, 4) is 16.9 Å². The zero-order valence-electron chi connectivity index (χ0n) is 12.6. The van der Waals surface area contributed by atoms with E-state index in [1.807, 2.05) is 17.9 Å². The maximum atomic E-state index is 4.55. The van der Waals surface area contributed by atoms with E-state index in [1.165, 1.54) is 11.1 Å². The summed E-state index contributed by atoms with van der Waals surface area (Å²) in [6.45, 7) is 6.32. The van der Waals surface area contributed by atoms with Crippen LogP contribution in [-0.4, -0.2) is 21.8 Å². The Morgan fingerprint density at radius 1 is 1.14 bits per heavy atom. The van der Waals surface area contributed by atoms with Crippen LogP contribution in [0.2, 0.25) is 0 Å². The first-order chi connectivity index (χ1) is 10.1. The molecule has 2 aromatic heterocycles. The first-order valence-electron chi connectivity index (χ1n) is 6.86. The SMILES string of the molecule is CNc1nc(-c2cnn(-c3ccc(C)c(C)c3)c2C)cs1. The van der Waals surface area contributed by atoms with Crippen molar-refractivity contribution in [3.05, 3.63) is 46.6 Å². The molecule has 0 bridgehead atoms. The Bertz CT molecular complexity index is 785. The highest BCUT2D eigenvalue weighted by molar-refractivity contribution is 7.14. The van der Waals surface area contributed by atoms with Crippen molar-refractivity contribution < 1.29 is 0 Å². The van der Waals surface area contributed by atoms with Crippen molar-refractivity contribution in [3.63, 3.8) is 0 Å². The van der Waals surface area contributed by atoms with Crippen LogP contribution in [0.25, 0.3) is 16.9 Å². The van der Waals surface area contributed by atoms with E-state index in [4.69, 9.17) is 0 Å². The molecule has 4 nitrogen and oxygen atoms in total. The highest BCUT2D eigenvalue weighted by Crippen LogP contribution is 2.28. The minimum absolute atomic E-state index is 0.920. The summed E-state index contributed by atoms with van der Waals surface area (Å²) >= 11 is 1.60. The Hall–Kier alpha value is -2.14. The van der Waals surface area contributed by atoms with Gasteiger partial charge in [-0.3, -0.25) is 0 Å². The second kappa shape index (κ2) is 5.33. The molecular formula is C16H18N4S. The second-order valence-electron chi connectivity index (χ2n) is 5.11. The number of aromatic nitrogens is 3. The van der Waals surface area contributed by atoms with Gasteiger partial charge in [-0.2, -0.15) is 5.10 Å². The summed E-state index contributed by atoms with van der Waals surface area (Å²) in [5.41, 5.74) is 6.80. The third-order valence-electron chi connectivity index (χ3n) is 3.74. The lowest BCUT2D eigenvalue weighted by Crippen LogP contribution is -2.00. The number of hydrogen-bond donors (Lipinski definition) is 1. The van der Waals surface area contributed by atoms with E-state index in [2.05, 4.69) is 59.7 Å². The van der Waals surface area contributed by atoms with Crippen LogP contribution in [0.4, 0.5) is 5.13 Å². The predicted molar refractivity (Wildman–Crippen MR) is 88.4 cm³/mol. The van der Waals surface area contributed by atoms with E-state index in [-0.39, 0.29) is 0 Å². The number of anilines is 1.